The van der Waals surface area contributed by atoms with E-state index in [-0.39, 0.29) is 5.69 Å². The van der Waals surface area contributed by atoms with Gasteiger partial charge in [0.2, 0.25) is 0 Å². The summed E-state index contributed by atoms with van der Waals surface area (Å²) in [5.74, 6) is -0.742. The van der Waals surface area contributed by atoms with Crippen LogP contribution in [0, 0.1) is 0 Å². The first-order valence-corrected chi connectivity index (χ1v) is 6.30. The summed E-state index contributed by atoms with van der Waals surface area (Å²) in [5.41, 5.74) is 6.28. The van der Waals surface area contributed by atoms with Crippen LogP contribution in [0.25, 0.3) is 0 Å². The summed E-state index contributed by atoms with van der Waals surface area (Å²) in [4.78, 5) is 25.9. The molecule has 0 amide bonds. The third kappa shape index (κ3) is 4.34. The lowest BCUT2D eigenvalue weighted by molar-refractivity contribution is -0.137. The van der Waals surface area contributed by atoms with Crippen molar-refractivity contribution in [3.8, 4) is 0 Å². The van der Waals surface area contributed by atoms with E-state index in [1.807, 2.05) is 0 Å². The van der Waals surface area contributed by atoms with E-state index in [1.54, 1.807) is 18.2 Å². The van der Waals surface area contributed by atoms with Crippen LogP contribution in [0.2, 0.25) is 0 Å². The number of rotatable bonds is 6. The van der Waals surface area contributed by atoms with Gasteiger partial charge in [0.15, 0.2) is 0 Å². The molecule has 0 aliphatic rings. The molecule has 18 heavy (non-hydrogen) atoms. The van der Waals surface area contributed by atoms with Gasteiger partial charge in [0.25, 0.3) is 0 Å². The average Bonchev–Trinajstić information content (AvgIpc) is 2.37. The maximum Gasteiger partial charge on any atom is 0.356 e. The van der Waals surface area contributed by atoms with Crippen LogP contribution in [0.5, 0.6) is 0 Å². The third-order valence-corrected chi connectivity index (χ3v) is 3.16. The molecule has 7 heteroatoms. The number of nitrogens with zero attached hydrogens (tertiary/aromatic N) is 1. The molecular formula is C11H14N2O4S. The predicted molar refractivity (Wildman–Crippen MR) is 67.3 cm³/mol. The Bertz CT molecular complexity index is 439. The molecule has 3 N–H and O–H groups in total. The summed E-state index contributed by atoms with van der Waals surface area (Å²) in [7, 11) is 1.29. The van der Waals surface area contributed by atoms with Gasteiger partial charge in [-0.1, -0.05) is 6.07 Å². The molecule has 6 nitrogen and oxygen atoms in total. The van der Waals surface area contributed by atoms with Gasteiger partial charge in [0.05, 0.1) is 12.8 Å². The number of esters is 1. The molecule has 1 rings (SSSR count). The second-order valence-electron chi connectivity index (χ2n) is 3.47. The summed E-state index contributed by atoms with van der Waals surface area (Å²) in [6, 6.07) is 4.12. The summed E-state index contributed by atoms with van der Waals surface area (Å²) in [5, 5.41) is 8.61. The van der Waals surface area contributed by atoms with Crippen molar-refractivity contribution < 1.29 is 19.4 Å². The number of carboxylic acids is 1. The molecular weight excluding hydrogens is 256 g/mol. The molecule has 1 heterocycles. The van der Waals surface area contributed by atoms with E-state index in [0.717, 1.165) is 0 Å². The molecule has 1 atom stereocenters. The van der Waals surface area contributed by atoms with E-state index in [0.29, 0.717) is 17.2 Å². The molecule has 1 unspecified atom stereocenters. The van der Waals surface area contributed by atoms with Crippen molar-refractivity contribution in [3.05, 3.63) is 29.6 Å². The molecule has 0 radical (unpaired) electrons. The molecule has 0 fully saturated rings. The van der Waals surface area contributed by atoms with E-state index in [2.05, 4.69) is 9.72 Å². The van der Waals surface area contributed by atoms with Crippen molar-refractivity contribution >= 4 is 23.7 Å². The van der Waals surface area contributed by atoms with Gasteiger partial charge in [-0.2, -0.15) is 11.8 Å². The van der Waals surface area contributed by atoms with Crippen molar-refractivity contribution in [2.45, 2.75) is 11.8 Å². The van der Waals surface area contributed by atoms with Crippen LogP contribution in [0.4, 0.5) is 0 Å². The van der Waals surface area contributed by atoms with Gasteiger partial charge in [-0.25, -0.2) is 9.78 Å². The van der Waals surface area contributed by atoms with Crippen LogP contribution < -0.4 is 5.73 Å². The van der Waals surface area contributed by atoms with E-state index in [9.17, 15) is 9.59 Å². The van der Waals surface area contributed by atoms with Gasteiger partial charge in [0, 0.05) is 11.5 Å². The third-order valence-electron chi connectivity index (χ3n) is 2.07. The number of nitrogens with two attached hydrogens (primary N) is 1. The zero-order chi connectivity index (χ0) is 13.5. The topological polar surface area (TPSA) is 103 Å². The first kappa shape index (κ1) is 14.5. The standard InChI is InChI=1S/C11H14N2O4S/c1-17-11(16)9-4-2-3-7(13-9)5-18-6-8(12)10(14)15/h2-4,8H,5-6,12H2,1H3,(H,14,15). The van der Waals surface area contributed by atoms with Gasteiger partial charge >= 0.3 is 11.9 Å². The van der Waals surface area contributed by atoms with Crippen LogP contribution in [0.3, 0.4) is 0 Å². The molecule has 0 saturated carbocycles. The first-order chi connectivity index (χ1) is 8.54. The Labute approximate surface area is 109 Å². The van der Waals surface area contributed by atoms with Crippen LogP contribution in [0.15, 0.2) is 18.2 Å². The lowest BCUT2D eigenvalue weighted by atomic mass is 10.3. The zero-order valence-corrected chi connectivity index (χ0v) is 10.6. The van der Waals surface area contributed by atoms with Crippen LogP contribution >= 0.6 is 11.8 Å². The van der Waals surface area contributed by atoms with Crippen LogP contribution in [-0.4, -0.2) is 40.9 Å². The largest absolute Gasteiger partial charge is 0.480 e. The van der Waals surface area contributed by atoms with Crippen molar-refractivity contribution in [3.63, 3.8) is 0 Å². The second kappa shape index (κ2) is 6.97. The zero-order valence-electron chi connectivity index (χ0n) is 9.83. The van der Waals surface area contributed by atoms with Crippen molar-refractivity contribution in [2.24, 2.45) is 5.73 Å². The molecule has 0 spiro atoms. The Morgan fingerprint density at radius 2 is 2.28 bits per heavy atom. The summed E-state index contributed by atoms with van der Waals surface area (Å²) in [6.07, 6.45) is 0. The molecule has 0 aliphatic heterocycles. The number of hydrogen-bond acceptors (Lipinski definition) is 6. The minimum absolute atomic E-state index is 0.234. The van der Waals surface area contributed by atoms with Gasteiger partial charge in [-0.3, -0.25) is 4.79 Å². The highest BCUT2D eigenvalue weighted by molar-refractivity contribution is 7.98. The molecule has 98 valence electrons. The van der Waals surface area contributed by atoms with Crippen LogP contribution in [0.1, 0.15) is 16.2 Å². The number of aliphatic carboxylic acids is 1. The Hall–Kier alpha value is -1.60. The van der Waals surface area contributed by atoms with Gasteiger partial charge < -0.3 is 15.6 Å². The fourth-order valence-corrected chi connectivity index (χ4v) is 2.02. The predicted octanol–water partition coefficient (Wildman–Crippen LogP) is 0.513. The van der Waals surface area contributed by atoms with Crippen molar-refractivity contribution in [2.75, 3.05) is 12.9 Å². The maximum atomic E-state index is 11.2. The highest BCUT2D eigenvalue weighted by Crippen LogP contribution is 2.12. The van der Waals surface area contributed by atoms with E-state index in [4.69, 9.17) is 10.8 Å². The van der Waals surface area contributed by atoms with E-state index >= 15 is 0 Å². The summed E-state index contributed by atoms with van der Waals surface area (Å²) < 4.78 is 4.56. The Kier molecular flexibility index (Phi) is 5.60. The number of aromatic nitrogens is 1. The Morgan fingerprint density at radius 3 is 2.89 bits per heavy atom. The maximum absolute atomic E-state index is 11.2. The summed E-state index contributed by atoms with van der Waals surface area (Å²) >= 11 is 1.35. The number of pyridine rings is 1. The number of methoxy groups -OCH3 is 1. The second-order valence-corrected chi connectivity index (χ2v) is 4.50. The molecule has 1 aromatic rings. The highest BCUT2D eigenvalue weighted by atomic mass is 32.2. The number of carbonyl (C=O) groups excluding carboxylic acids is 1. The van der Waals surface area contributed by atoms with Gasteiger partial charge in [-0.15, -0.1) is 0 Å². The van der Waals surface area contributed by atoms with Gasteiger partial charge in [0.1, 0.15) is 11.7 Å². The molecule has 0 bridgehead atoms. The first-order valence-electron chi connectivity index (χ1n) is 5.15. The lowest BCUT2D eigenvalue weighted by Crippen LogP contribution is -2.32. The van der Waals surface area contributed by atoms with Crippen molar-refractivity contribution in [1.29, 1.82) is 0 Å². The Morgan fingerprint density at radius 1 is 1.56 bits per heavy atom. The molecule has 1 aromatic heterocycles. The molecule has 0 aliphatic carbocycles. The monoisotopic (exact) mass is 270 g/mol. The molecule has 0 aromatic carbocycles. The smallest absolute Gasteiger partial charge is 0.356 e. The fourth-order valence-electron chi connectivity index (χ4n) is 1.14. The van der Waals surface area contributed by atoms with E-state index < -0.39 is 18.0 Å². The number of carbonyl (C=O) groups is 2. The Balaban J connectivity index is 2.53. The number of hydrogen-bond donors (Lipinski definition) is 2. The van der Waals surface area contributed by atoms with Gasteiger partial charge in [-0.05, 0) is 12.1 Å². The fraction of sp³-hybridized carbons (Fsp3) is 0.364. The molecule has 0 saturated heterocycles. The average molecular weight is 270 g/mol. The number of carboxylic acid groups (broad SMARTS) is 1. The normalized spacial score (nSPS) is 11.9. The summed E-state index contributed by atoms with van der Waals surface area (Å²) in [6.45, 7) is 0. The highest BCUT2D eigenvalue weighted by Gasteiger charge is 2.12. The SMILES string of the molecule is COC(=O)c1cccc(CSCC(N)C(=O)O)n1. The quantitative estimate of drug-likeness (QED) is 0.726. The minimum atomic E-state index is -1.03. The number of ether oxygens (including phenoxy) is 1. The van der Waals surface area contributed by atoms with Crippen molar-refractivity contribution in [1.82, 2.24) is 4.98 Å². The minimum Gasteiger partial charge on any atom is -0.480 e. The lowest BCUT2D eigenvalue weighted by Gasteiger charge is -2.06. The number of thioether (sulfide) groups is 1. The van der Waals surface area contributed by atoms with E-state index in [1.165, 1.54) is 18.9 Å². The van der Waals surface area contributed by atoms with Crippen LogP contribution in [-0.2, 0) is 15.3 Å².